The Labute approximate surface area is 148 Å². The molecule has 2 aromatic heterocycles. The molecule has 1 N–H and O–H groups in total. The summed E-state index contributed by atoms with van der Waals surface area (Å²) in [4.78, 5) is 23.6. The summed E-state index contributed by atoms with van der Waals surface area (Å²) in [7, 11) is 1.89. The number of nitrogens with one attached hydrogen (secondary N) is 1. The van der Waals surface area contributed by atoms with Gasteiger partial charge in [-0.2, -0.15) is 0 Å². The van der Waals surface area contributed by atoms with E-state index in [2.05, 4.69) is 28.3 Å². The summed E-state index contributed by atoms with van der Waals surface area (Å²) >= 11 is 0. The minimum absolute atomic E-state index is 0.256. The van der Waals surface area contributed by atoms with Gasteiger partial charge in [-0.05, 0) is 54.9 Å². The number of pyridine rings is 2. The third-order valence-electron chi connectivity index (χ3n) is 5.68. The van der Waals surface area contributed by atoms with Crippen molar-refractivity contribution in [3.8, 4) is 0 Å². The second-order valence-electron chi connectivity index (χ2n) is 7.22. The molecule has 25 heavy (non-hydrogen) atoms. The van der Waals surface area contributed by atoms with E-state index in [1.54, 1.807) is 6.20 Å². The van der Waals surface area contributed by atoms with Crippen molar-refractivity contribution < 1.29 is 4.79 Å². The molecule has 0 unspecified atom stereocenters. The molecule has 1 aliphatic heterocycles. The van der Waals surface area contributed by atoms with Crippen molar-refractivity contribution >= 4 is 11.7 Å². The fourth-order valence-electron chi connectivity index (χ4n) is 3.94. The number of aromatic nitrogens is 2. The molecule has 0 saturated heterocycles. The van der Waals surface area contributed by atoms with Gasteiger partial charge in [0.05, 0.1) is 0 Å². The average molecular weight is 336 g/mol. The predicted molar refractivity (Wildman–Crippen MR) is 97.2 cm³/mol. The Morgan fingerprint density at radius 2 is 2.12 bits per heavy atom. The molecule has 0 aromatic carbocycles. The molecule has 1 saturated carbocycles. The highest BCUT2D eigenvalue weighted by Crippen LogP contribution is 2.49. The van der Waals surface area contributed by atoms with Crippen molar-refractivity contribution in [3.05, 3.63) is 52.5 Å². The summed E-state index contributed by atoms with van der Waals surface area (Å²) < 4.78 is 0. The van der Waals surface area contributed by atoms with Crippen molar-refractivity contribution in [1.29, 1.82) is 0 Å². The number of fused-ring (bicyclic) bond motifs is 1. The fourth-order valence-corrected chi connectivity index (χ4v) is 3.94. The van der Waals surface area contributed by atoms with Crippen LogP contribution in [0.2, 0.25) is 0 Å². The number of carbonyl (C=O) groups excluding carboxylic acids is 1. The van der Waals surface area contributed by atoms with Crippen LogP contribution >= 0.6 is 0 Å². The van der Waals surface area contributed by atoms with E-state index in [4.69, 9.17) is 0 Å². The molecule has 1 aliphatic carbocycles. The predicted octanol–water partition coefficient (Wildman–Crippen LogP) is 3.17. The van der Waals surface area contributed by atoms with E-state index in [1.165, 1.54) is 22.3 Å². The first-order valence-electron chi connectivity index (χ1n) is 8.93. The summed E-state index contributed by atoms with van der Waals surface area (Å²) in [5.74, 6) is 2.13. The van der Waals surface area contributed by atoms with Gasteiger partial charge < -0.3 is 10.2 Å². The van der Waals surface area contributed by atoms with Crippen molar-refractivity contribution in [2.45, 2.75) is 45.7 Å². The first kappa shape index (κ1) is 16.1. The Hall–Kier alpha value is -2.43. The normalized spacial score (nSPS) is 21.2. The standard InChI is InChI=1S/C20H24N4O/c1-12-13(2)23-20(21-3)18-11-24(10-17(12)18)19(25)8-15-7-16(15)14-5-4-6-22-9-14/h4-6,9,15-16H,7-8,10-11H2,1-3H3,(H,21,23)/t15-,16-/m0/s1. The molecular formula is C20H24N4O. The average Bonchev–Trinajstić information content (AvgIpc) is 3.24. The van der Waals surface area contributed by atoms with Gasteiger partial charge in [0.15, 0.2) is 0 Å². The second kappa shape index (κ2) is 6.14. The van der Waals surface area contributed by atoms with Crippen LogP contribution in [0.5, 0.6) is 0 Å². The van der Waals surface area contributed by atoms with Crippen LogP contribution in [0.1, 0.15) is 46.7 Å². The van der Waals surface area contributed by atoms with Gasteiger partial charge >= 0.3 is 0 Å². The van der Waals surface area contributed by atoms with Gasteiger partial charge in [-0.1, -0.05) is 6.07 Å². The summed E-state index contributed by atoms with van der Waals surface area (Å²) in [6.45, 7) is 5.52. The van der Waals surface area contributed by atoms with Crippen LogP contribution < -0.4 is 5.32 Å². The lowest BCUT2D eigenvalue weighted by molar-refractivity contribution is -0.132. The monoisotopic (exact) mass is 336 g/mol. The zero-order valence-electron chi connectivity index (χ0n) is 15.0. The van der Waals surface area contributed by atoms with E-state index in [-0.39, 0.29) is 5.91 Å². The van der Waals surface area contributed by atoms with E-state index >= 15 is 0 Å². The number of hydrogen-bond donors (Lipinski definition) is 1. The molecule has 1 amide bonds. The number of rotatable bonds is 4. The largest absolute Gasteiger partial charge is 0.373 e. The van der Waals surface area contributed by atoms with Crippen LogP contribution in [0.25, 0.3) is 0 Å². The fraction of sp³-hybridized carbons (Fsp3) is 0.450. The summed E-state index contributed by atoms with van der Waals surface area (Å²) in [6, 6.07) is 4.09. The minimum Gasteiger partial charge on any atom is -0.373 e. The maximum absolute atomic E-state index is 12.8. The molecule has 1 fully saturated rings. The molecule has 0 spiro atoms. The zero-order chi connectivity index (χ0) is 17.6. The lowest BCUT2D eigenvalue weighted by Gasteiger charge is -2.15. The molecule has 130 valence electrons. The summed E-state index contributed by atoms with van der Waals surface area (Å²) in [5, 5.41) is 3.18. The number of nitrogens with zero attached hydrogens (tertiary/aromatic N) is 3. The highest BCUT2D eigenvalue weighted by Gasteiger charge is 2.41. The van der Waals surface area contributed by atoms with Gasteiger partial charge in [-0.15, -0.1) is 0 Å². The number of anilines is 1. The zero-order valence-corrected chi connectivity index (χ0v) is 15.0. The molecule has 4 rings (SSSR count). The topological polar surface area (TPSA) is 58.1 Å². The molecular weight excluding hydrogens is 312 g/mol. The molecule has 3 heterocycles. The van der Waals surface area contributed by atoms with Gasteiger partial charge in [-0.3, -0.25) is 9.78 Å². The van der Waals surface area contributed by atoms with Gasteiger partial charge in [0.2, 0.25) is 5.91 Å². The first-order chi connectivity index (χ1) is 12.1. The van der Waals surface area contributed by atoms with Crippen LogP contribution in [-0.2, 0) is 17.9 Å². The highest BCUT2D eigenvalue weighted by atomic mass is 16.2. The molecule has 2 aromatic rings. The van der Waals surface area contributed by atoms with Gasteiger partial charge in [0.25, 0.3) is 0 Å². The Bertz CT molecular complexity index is 818. The summed E-state index contributed by atoms with van der Waals surface area (Å²) in [5.41, 5.74) is 5.96. The molecule has 0 bridgehead atoms. The van der Waals surface area contributed by atoms with Crippen molar-refractivity contribution in [3.63, 3.8) is 0 Å². The first-order valence-corrected chi connectivity index (χ1v) is 8.93. The lowest BCUT2D eigenvalue weighted by Crippen LogP contribution is -2.25. The van der Waals surface area contributed by atoms with Gasteiger partial charge in [0, 0.05) is 50.2 Å². The molecule has 5 heteroatoms. The third-order valence-corrected chi connectivity index (χ3v) is 5.68. The Kier molecular flexibility index (Phi) is 3.94. The number of aryl methyl sites for hydroxylation is 1. The van der Waals surface area contributed by atoms with Crippen LogP contribution in [0.3, 0.4) is 0 Å². The lowest BCUT2D eigenvalue weighted by atomic mass is 10.0. The maximum atomic E-state index is 12.8. The van der Waals surface area contributed by atoms with Crippen molar-refractivity contribution in [2.24, 2.45) is 5.92 Å². The Morgan fingerprint density at radius 3 is 2.84 bits per heavy atom. The van der Waals surface area contributed by atoms with Crippen LogP contribution in [0.4, 0.5) is 5.82 Å². The highest BCUT2D eigenvalue weighted by molar-refractivity contribution is 5.78. The van der Waals surface area contributed by atoms with Crippen LogP contribution in [-0.4, -0.2) is 27.8 Å². The molecule has 0 radical (unpaired) electrons. The van der Waals surface area contributed by atoms with E-state index in [9.17, 15) is 4.79 Å². The van der Waals surface area contributed by atoms with Gasteiger partial charge in [0.1, 0.15) is 5.82 Å². The number of amides is 1. The molecule has 2 atom stereocenters. The summed E-state index contributed by atoms with van der Waals surface area (Å²) in [6.07, 6.45) is 5.45. The van der Waals surface area contributed by atoms with E-state index in [0.717, 1.165) is 17.9 Å². The van der Waals surface area contributed by atoms with Crippen LogP contribution in [0, 0.1) is 19.8 Å². The van der Waals surface area contributed by atoms with Crippen LogP contribution in [0.15, 0.2) is 24.5 Å². The molecule has 2 aliphatic rings. The number of hydrogen-bond acceptors (Lipinski definition) is 4. The van der Waals surface area contributed by atoms with E-state index in [1.807, 2.05) is 31.1 Å². The molecule has 5 nitrogen and oxygen atoms in total. The SMILES string of the molecule is CNc1nc(C)c(C)c2c1CN(C(=O)C[C@@H]1C[C@H]1c1cccnc1)C2. The maximum Gasteiger partial charge on any atom is 0.223 e. The van der Waals surface area contributed by atoms with Gasteiger partial charge in [-0.25, -0.2) is 4.98 Å². The van der Waals surface area contributed by atoms with Crippen molar-refractivity contribution in [1.82, 2.24) is 14.9 Å². The van der Waals surface area contributed by atoms with Crippen molar-refractivity contribution in [2.75, 3.05) is 12.4 Å². The third kappa shape index (κ3) is 2.88. The quantitative estimate of drug-likeness (QED) is 0.932. The Morgan fingerprint density at radius 1 is 1.32 bits per heavy atom. The van der Waals surface area contributed by atoms with E-state index in [0.29, 0.717) is 31.3 Å². The smallest absolute Gasteiger partial charge is 0.223 e. The Balaban J connectivity index is 1.44. The minimum atomic E-state index is 0.256. The van der Waals surface area contributed by atoms with E-state index < -0.39 is 0 Å². The second-order valence-corrected chi connectivity index (χ2v) is 7.22. The number of carbonyl (C=O) groups is 1.